The topological polar surface area (TPSA) is 58.2 Å². The molecular weight excluding hydrogens is 320 g/mol. The molecule has 1 fully saturated rings. The van der Waals surface area contributed by atoms with Crippen LogP contribution in [0.1, 0.15) is 31.7 Å². The molecule has 0 spiro atoms. The van der Waals surface area contributed by atoms with Crippen LogP contribution in [0, 0.1) is 11.8 Å². The SMILES string of the molecule is CC(C)[C@H](Br)C(=O)NNC(=O)[C@H]1C[C@@H]1c1ccccc1. The molecule has 2 N–H and O–H groups in total. The minimum absolute atomic E-state index is 0.0366. The van der Waals surface area contributed by atoms with Crippen molar-refractivity contribution in [3.05, 3.63) is 35.9 Å². The van der Waals surface area contributed by atoms with Crippen LogP contribution in [0.25, 0.3) is 0 Å². The van der Waals surface area contributed by atoms with Gasteiger partial charge in [-0.15, -0.1) is 0 Å². The smallest absolute Gasteiger partial charge is 0.252 e. The van der Waals surface area contributed by atoms with Crippen LogP contribution in [0.3, 0.4) is 0 Å². The number of amides is 2. The van der Waals surface area contributed by atoms with Gasteiger partial charge in [0.2, 0.25) is 5.91 Å². The molecule has 0 aromatic heterocycles. The van der Waals surface area contributed by atoms with Gasteiger partial charge in [-0.25, -0.2) is 0 Å². The molecule has 5 heteroatoms. The van der Waals surface area contributed by atoms with E-state index in [1.807, 2.05) is 44.2 Å². The number of nitrogens with one attached hydrogen (secondary N) is 2. The van der Waals surface area contributed by atoms with Gasteiger partial charge in [0.25, 0.3) is 5.91 Å². The largest absolute Gasteiger partial charge is 0.273 e. The van der Waals surface area contributed by atoms with Crippen molar-refractivity contribution < 1.29 is 9.59 Å². The van der Waals surface area contributed by atoms with Crippen LogP contribution < -0.4 is 10.9 Å². The molecule has 2 rings (SSSR count). The van der Waals surface area contributed by atoms with E-state index < -0.39 is 0 Å². The molecule has 0 unspecified atom stereocenters. The summed E-state index contributed by atoms with van der Waals surface area (Å²) in [6.07, 6.45) is 0.841. The van der Waals surface area contributed by atoms with Gasteiger partial charge in [-0.2, -0.15) is 0 Å². The van der Waals surface area contributed by atoms with E-state index in [9.17, 15) is 9.59 Å². The molecular formula is C15H19BrN2O2. The van der Waals surface area contributed by atoms with Crippen LogP contribution in [0.15, 0.2) is 30.3 Å². The average Bonchev–Trinajstić information content (AvgIpc) is 3.24. The number of halogens is 1. The van der Waals surface area contributed by atoms with Crippen molar-refractivity contribution in [3.8, 4) is 0 Å². The molecule has 1 aromatic rings. The molecule has 1 aromatic carbocycles. The van der Waals surface area contributed by atoms with E-state index in [0.717, 1.165) is 6.42 Å². The maximum atomic E-state index is 11.9. The number of carbonyl (C=O) groups is 2. The van der Waals surface area contributed by atoms with Crippen LogP contribution in [0.4, 0.5) is 0 Å². The fraction of sp³-hybridized carbons (Fsp3) is 0.467. The number of hydrazine groups is 1. The third-order valence-corrected chi connectivity index (χ3v) is 4.97. The number of carbonyl (C=O) groups excluding carboxylic acids is 2. The van der Waals surface area contributed by atoms with Gasteiger partial charge in [0.1, 0.15) is 0 Å². The first-order chi connectivity index (χ1) is 9.50. The standard InChI is InChI=1S/C15H19BrN2O2/c1-9(2)13(16)15(20)18-17-14(19)12-8-11(12)10-6-4-3-5-7-10/h3-7,9,11-13H,8H2,1-2H3,(H,17,19)(H,18,20)/t11-,12+,13+/m1/s1. The molecule has 0 aliphatic heterocycles. The first-order valence-corrected chi connectivity index (χ1v) is 7.71. The Morgan fingerprint density at radius 3 is 2.45 bits per heavy atom. The van der Waals surface area contributed by atoms with Gasteiger partial charge in [-0.3, -0.25) is 20.4 Å². The van der Waals surface area contributed by atoms with Gasteiger partial charge in [-0.1, -0.05) is 60.1 Å². The molecule has 3 atom stereocenters. The predicted molar refractivity (Wildman–Crippen MR) is 81.1 cm³/mol. The van der Waals surface area contributed by atoms with Crippen molar-refractivity contribution >= 4 is 27.7 Å². The Balaban J connectivity index is 1.79. The Morgan fingerprint density at radius 2 is 1.85 bits per heavy atom. The van der Waals surface area contributed by atoms with Crippen LogP contribution in [0.5, 0.6) is 0 Å². The van der Waals surface area contributed by atoms with Gasteiger partial charge in [0, 0.05) is 5.92 Å². The fourth-order valence-corrected chi connectivity index (χ4v) is 2.26. The number of hydrogen-bond donors (Lipinski definition) is 2. The van der Waals surface area contributed by atoms with Gasteiger partial charge >= 0.3 is 0 Å². The van der Waals surface area contributed by atoms with Crippen molar-refractivity contribution in [2.45, 2.75) is 31.0 Å². The third-order valence-electron chi connectivity index (χ3n) is 3.50. The summed E-state index contributed by atoms with van der Waals surface area (Å²) in [5.74, 6) is 0.0781. The zero-order chi connectivity index (χ0) is 14.7. The van der Waals surface area contributed by atoms with Gasteiger partial charge in [0.05, 0.1) is 4.83 Å². The summed E-state index contributed by atoms with van der Waals surface area (Å²) < 4.78 is 0. The Hall–Kier alpha value is -1.36. The maximum Gasteiger partial charge on any atom is 0.252 e. The second-order valence-corrected chi connectivity index (χ2v) is 6.47. The zero-order valence-electron chi connectivity index (χ0n) is 11.6. The maximum absolute atomic E-state index is 11.9. The second kappa shape index (κ2) is 6.39. The van der Waals surface area contributed by atoms with Crippen LogP contribution in [-0.2, 0) is 9.59 Å². The summed E-state index contributed by atoms with van der Waals surface area (Å²) in [7, 11) is 0. The summed E-state index contributed by atoms with van der Waals surface area (Å²) in [4.78, 5) is 23.4. The molecule has 4 nitrogen and oxygen atoms in total. The average molecular weight is 339 g/mol. The summed E-state index contributed by atoms with van der Waals surface area (Å²) >= 11 is 3.30. The van der Waals surface area contributed by atoms with Gasteiger partial charge in [-0.05, 0) is 23.8 Å². The lowest BCUT2D eigenvalue weighted by Crippen LogP contribution is -2.46. The first-order valence-electron chi connectivity index (χ1n) is 6.79. The highest BCUT2D eigenvalue weighted by atomic mass is 79.9. The fourth-order valence-electron chi connectivity index (χ4n) is 2.14. The van der Waals surface area contributed by atoms with Crippen molar-refractivity contribution in [1.29, 1.82) is 0 Å². The van der Waals surface area contributed by atoms with E-state index in [1.165, 1.54) is 5.56 Å². The van der Waals surface area contributed by atoms with Crippen molar-refractivity contribution in [1.82, 2.24) is 10.9 Å². The predicted octanol–water partition coefficient (Wildman–Crippen LogP) is 2.36. The molecule has 2 amide bonds. The Kier molecular flexibility index (Phi) is 4.81. The van der Waals surface area contributed by atoms with Crippen LogP contribution in [0.2, 0.25) is 0 Å². The Morgan fingerprint density at radius 1 is 1.20 bits per heavy atom. The summed E-state index contributed by atoms with van der Waals surface area (Å²) in [6.45, 7) is 3.88. The number of benzene rings is 1. The van der Waals surface area contributed by atoms with E-state index >= 15 is 0 Å². The molecule has 1 aliphatic rings. The highest BCUT2D eigenvalue weighted by Gasteiger charge is 2.44. The minimum atomic E-state index is -0.299. The Labute approximate surface area is 127 Å². The Bertz CT molecular complexity index is 490. The van der Waals surface area contributed by atoms with Crippen molar-refractivity contribution in [3.63, 3.8) is 0 Å². The lowest BCUT2D eigenvalue weighted by Gasteiger charge is -2.14. The van der Waals surface area contributed by atoms with Crippen LogP contribution in [-0.4, -0.2) is 16.6 Å². The van der Waals surface area contributed by atoms with E-state index in [0.29, 0.717) is 0 Å². The molecule has 0 heterocycles. The van der Waals surface area contributed by atoms with Gasteiger partial charge < -0.3 is 0 Å². The molecule has 1 aliphatic carbocycles. The molecule has 0 saturated heterocycles. The molecule has 20 heavy (non-hydrogen) atoms. The molecule has 1 saturated carbocycles. The normalized spacial score (nSPS) is 22.2. The summed E-state index contributed by atoms with van der Waals surface area (Å²) in [5, 5.41) is 0. The minimum Gasteiger partial charge on any atom is -0.273 e. The lowest BCUT2D eigenvalue weighted by atomic mass is 10.1. The molecule has 108 valence electrons. The van der Waals surface area contributed by atoms with E-state index in [-0.39, 0.29) is 34.4 Å². The quantitative estimate of drug-likeness (QED) is 0.654. The zero-order valence-corrected chi connectivity index (χ0v) is 13.2. The highest BCUT2D eigenvalue weighted by molar-refractivity contribution is 9.10. The highest BCUT2D eigenvalue weighted by Crippen LogP contribution is 2.47. The number of rotatable bonds is 4. The number of alkyl halides is 1. The van der Waals surface area contributed by atoms with E-state index in [4.69, 9.17) is 0 Å². The summed E-state index contributed by atoms with van der Waals surface area (Å²) in [5.41, 5.74) is 6.16. The van der Waals surface area contributed by atoms with E-state index in [1.54, 1.807) is 0 Å². The van der Waals surface area contributed by atoms with Crippen molar-refractivity contribution in [2.24, 2.45) is 11.8 Å². The summed E-state index contributed by atoms with van der Waals surface area (Å²) in [6, 6.07) is 9.97. The van der Waals surface area contributed by atoms with Gasteiger partial charge in [0.15, 0.2) is 0 Å². The lowest BCUT2D eigenvalue weighted by molar-refractivity contribution is -0.129. The van der Waals surface area contributed by atoms with Crippen molar-refractivity contribution in [2.75, 3.05) is 0 Å². The third kappa shape index (κ3) is 3.60. The molecule has 0 bridgehead atoms. The second-order valence-electron chi connectivity index (χ2n) is 5.48. The number of hydrogen-bond acceptors (Lipinski definition) is 2. The monoisotopic (exact) mass is 338 g/mol. The first kappa shape index (κ1) is 15.0. The van der Waals surface area contributed by atoms with E-state index in [2.05, 4.69) is 26.8 Å². The molecule has 0 radical (unpaired) electrons. The van der Waals surface area contributed by atoms with Crippen LogP contribution >= 0.6 is 15.9 Å².